The average Bonchev–Trinajstić information content (AvgIpc) is 3.45. The normalized spacial score (nSPS) is 30.3. The van der Waals surface area contributed by atoms with E-state index in [0.29, 0.717) is 12.0 Å². The smallest absolute Gasteiger partial charge is 0.112 e. The highest BCUT2D eigenvalue weighted by Gasteiger charge is 2.49. The van der Waals surface area contributed by atoms with Crippen LogP contribution in [0.15, 0.2) is 24.3 Å². The number of benzene rings is 1. The van der Waals surface area contributed by atoms with Crippen molar-refractivity contribution in [1.29, 1.82) is 0 Å². The molecular formula is C23H32N2O2. The Bertz CT molecular complexity index is 687. The predicted octanol–water partition coefficient (Wildman–Crippen LogP) is 2.05. The summed E-state index contributed by atoms with van der Waals surface area (Å²) in [6, 6.07) is 9.18. The van der Waals surface area contributed by atoms with Crippen molar-refractivity contribution in [2.75, 3.05) is 32.8 Å². The molecule has 4 atom stereocenters. The SMILES string of the molecule is C[C@@H](O)C#Cc1ccc([C@H]2[C@H](CO)N3CCCCN(CC4CC4)C[C@@H]23)cc1. The molecule has 4 rings (SSSR count). The van der Waals surface area contributed by atoms with E-state index in [2.05, 4.69) is 33.8 Å². The molecule has 1 saturated carbocycles. The van der Waals surface area contributed by atoms with Crippen molar-refractivity contribution >= 4 is 0 Å². The summed E-state index contributed by atoms with van der Waals surface area (Å²) in [7, 11) is 0. The molecule has 27 heavy (non-hydrogen) atoms. The largest absolute Gasteiger partial charge is 0.395 e. The minimum Gasteiger partial charge on any atom is -0.395 e. The first-order chi connectivity index (χ1) is 13.2. The van der Waals surface area contributed by atoms with Gasteiger partial charge in [0.05, 0.1) is 6.61 Å². The fourth-order valence-electron chi connectivity index (χ4n) is 4.82. The Morgan fingerprint density at radius 3 is 2.56 bits per heavy atom. The Balaban J connectivity index is 1.50. The van der Waals surface area contributed by atoms with Crippen molar-refractivity contribution in [3.05, 3.63) is 35.4 Å². The maximum atomic E-state index is 10.0. The molecule has 2 heterocycles. The van der Waals surface area contributed by atoms with Gasteiger partial charge in [0, 0.05) is 36.7 Å². The summed E-state index contributed by atoms with van der Waals surface area (Å²) < 4.78 is 0. The maximum absolute atomic E-state index is 10.0. The van der Waals surface area contributed by atoms with Crippen LogP contribution in [-0.2, 0) is 0 Å². The number of fused-ring (bicyclic) bond motifs is 1. The van der Waals surface area contributed by atoms with Gasteiger partial charge in [-0.2, -0.15) is 0 Å². The second-order valence-electron chi connectivity index (χ2n) is 8.56. The van der Waals surface area contributed by atoms with E-state index in [1.165, 1.54) is 44.3 Å². The van der Waals surface area contributed by atoms with Crippen molar-refractivity contribution in [2.45, 2.75) is 56.7 Å². The van der Waals surface area contributed by atoms with E-state index >= 15 is 0 Å². The van der Waals surface area contributed by atoms with E-state index in [-0.39, 0.29) is 12.6 Å². The minimum atomic E-state index is -0.601. The number of aliphatic hydroxyl groups is 2. The molecule has 2 aliphatic heterocycles. The van der Waals surface area contributed by atoms with Gasteiger partial charge in [0.1, 0.15) is 6.10 Å². The van der Waals surface area contributed by atoms with Gasteiger partial charge in [0.25, 0.3) is 0 Å². The molecule has 4 heteroatoms. The van der Waals surface area contributed by atoms with Crippen LogP contribution in [0.25, 0.3) is 0 Å². The number of nitrogens with zero attached hydrogens (tertiary/aromatic N) is 2. The molecule has 1 aromatic carbocycles. The van der Waals surface area contributed by atoms with E-state index in [9.17, 15) is 10.2 Å². The van der Waals surface area contributed by atoms with E-state index in [4.69, 9.17) is 0 Å². The summed E-state index contributed by atoms with van der Waals surface area (Å²) in [5.74, 6) is 7.14. The Labute approximate surface area is 163 Å². The van der Waals surface area contributed by atoms with Crippen LogP contribution in [0.5, 0.6) is 0 Å². The van der Waals surface area contributed by atoms with Crippen LogP contribution in [0.3, 0.4) is 0 Å². The quantitative estimate of drug-likeness (QED) is 0.799. The third-order valence-electron chi connectivity index (χ3n) is 6.39. The zero-order valence-electron chi connectivity index (χ0n) is 16.3. The molecule has 4 nitrogen and oxygen atoms in total. The molecule has 0 aromatic heterocycles. The van der Waals surface area contributed by atoms with Gasteiger partial charge in [-0.05, 0) is 69.3 Å². The topological polar surface area (TPSA) is 46.9 Å². The summed E-state index contributed by atoms with van der Waals surface area (Å²) in [6.45, 7) is 6.63. The van der Waals surface area contributed by atoms with Gasteiger partial charge in [-0.3, -0.25) is 4.90 Å². The lowest BCUT2D eigenvalue weighted by Gasteiger charge is -2.57. The van der Waals surface area contributed by atoms with E-state index in [1.807, 2.05) is 12.1 Å². The van der Waals surface area contributed by atoms with Gasteiger partial charge in [-0.1, -0.05) is 24.0 Å². The molecular weight excluding hydrogens is 336 g/mol. The third kappa shape index (κ3) is 4.38. The van der Waals surface area contributed by atoms with Gasteiger partial charge < -0.3 is 15.1 Å². The third-order valence-corrected chi connectivity index (χ3v) is 6.39. The van der Waals surface area contributed by atoms with E-state index in [1.54, 1.807) is 6.92 Å². The van der Waals surface area contributed by atoms with Gasteiger partial charge in [0.15, 0.2) is 0 Å². The zero-order valence-corrected chi connectivity index (χ0v) is 16.3. The van der Waals surface area contributed by atoms with Gasteiger partial charge in [-0.15, -0.1) is 0 Å². The summed E-state index contributed by atoms with van der Waals surface area (Å²) in [4.78, 5) is 5.22. The second-order valence-corrected chi connectivity index (χ2v) is 8.56. The minimum absolute atomic E-state index is 0.230. The van der Waals surface area contributed by atoms with Gasteiger partial charge in [-0.25, -0.2) is 0 Å². The molecule has 1 aliphatic carbocycles. The monoisotopic (exact) mass is 368 g/mol. The summed E-state index contributed by atoms with van der Waals surface area (Å²) in [5.41, 5.74) is 2.24. The average molecular weight is 369 g/mol. The van der Waals surface area contributed by atoms with Crippen LogP contribution >= 0.6 is 0 Å². The summed E-state index contributed by atoms with van der Waals surface area (Å²) in [6.07, 6.45) is 4.71. The highest BCUT2D eigenvalue weighted by Crippen LogP contribution is 2.42. The Hall–Kier alpha value is -1.38. The first-order valence-electron chi connectivity index (χ1n) is 10.5. The molecule has 3 fully saturated rings. The highest BCUT2D eigenvalue weighted by molar-refractivity contribution is 5.39. The Morgan fingerprint density at radius 2 is 1.89 bits per heavy atom. The fourth-order valence-corrected chi connectivity index (χ4v) is 4.82. The number of aliphatic hydroxyl groups excluding tert-OH is 2. The van der Waals surface area contributed by atoms with Crippen molar-refractivity contribution in [3.8, 4) is 11.8 Å². The molecule has 0 radical (unpaired) electrons. The molecule has 0 bridgehead atoms. The molecule has 0 amide bonds. The fraction of sp³-hybridized carbons (Fsp3) is 0.652. The van der Waals surface area contributed by atoms with Crippen LogP contribution in [0.4, 0.5) is 0 Å². The highest BCUT2D eigenvalue weighted by atomic mass is 16.3. The summed E-state index contributed by atoms with van der Waals surface area (Å²) in [5, 5.41) is 19.4. The summed E-state index contributed by atoms with van der Waals surface area (Å²) >= 11 is 0. The lowest BCUT2D eigenvalue weighted by molar-refractivity contribution is -0.0649. The van der Waals surface area contributed by atoms with Gasteiger partial charge in [0.2, 0.25) is 0 Å². The molecule has 2 saturated heterocycles. The molecule has 3 aliphatic rings. The molecule has 1 aromatic rings. The second kappa shape index (κ2) is 8.32. The van der Waals surface area contributed by atoms with Gasteiger partial charge >= 0.3 is 0 Å². The number of hydrogen-bond donors (Lipinski definition) is 2. The lowest BCUT2D eigenvalue weighted by Crippen LogP contribution is -2.67. The predicted molar refractivity (Wildman–Crippen MR) is 108 cm³/mol. The lowest BCUT2D eigenvalue weighted by atomic mass is 9.74. The van der Waals surface area contributed by atoms with Crippen LogP contribution in [0, 0.1) is 17.8 Å². The van der Waals surface area contributed by atoms with Crippen molar-refractivity contribution in [2.24, 2.45) is 5.92 Å². The first-order valence-corrected chi connectivity index (χ1v) is 10.5. The van der Waals surface area contributed by atoms with E-state index in [0.717, 1.165) is 24.6 Å². The first kappa shape index (κ1) is 19.0. The van der Waals surface area contributed by atoms with E-state index < -0.39 is 6.10 Å². The molecule has 146 valence electrons. The molecule has 0 spiro atoms. The van der Waals surface area contributed by atoms with Crippen LogP contribution in [0.2, 0.25) is 0 Å². The Kier molecular flexibility index (Phi) is 5.85. The Morgan fingerprint density at radius 1 is 1.15 bits per heavy atom. The van der Waals surface area contributed by atoms with Crippen molar-refractivity contribution in [1.82, 2.24) is 9.80 Å². The van der Waals surface area contributed by atoms with Crippen LogP contribution in [0.1, 0.15) is 49.7 Å². The zero-order chi connectivity index (χ0) is 18.8. The number of rotatable bonds is 4. The molecule has 2 N–H and O–H groups in total. The number of hydrogen-bond acceptors (Lipinski definition) is 4. The maximum Gasteiger partial charge on any atom is 0.112 e. The standard InChI is InChI=1S/C23H32N2O2/c1-17(27)4-5-18-8-10-20(11-9-18)23-21-15-24(14-19-6-7-19)12-2-3-13-25(21)22(23)16-26/h8-11,17,19,21-23,26-27H,2-3,6-7,12-16H2,1H3/t17-,21+,22+,23-/m1/s1. The van der Waals surface area contributed by atoms with Crippen molar-refractivity contribution in [3.63, 3.8) is 0 Å². The van der Waals surface area contributed by atoms with Crippen LogP contribution in [-0.4, -0.2) is 71.0 Å². The van der Waals surface area contributed by atoms with Crippen LogP contribution < -0.4 is 0 Å². The molecule has 0 unspecified atom stereocenters. The van der Waals surface area contributed by atoms with Crippen molar-refractivity contribution < 1.29 is 10.2 Å².